The number of carbonyl (C=O) groups excluding carboxylic acids is 2. The van der Waals surface area contributed by atoms with Gasteiger partial charge in [-0.1, -0.05) is 69.5 Å². The maximum absolute atomic E-state index is 13.1. The fraction of sp³-hybridized carbons (Fsp3) is 0.444. The lowest BCUT2D eigenvalue weighted by Gasteiger charge is -2.31. The zero-order valence-electron chi connectivity index (χ0n) is 20.2. The van der Waals surface area contributed by atoms with Crippen molar-refractivity contribution in [2.75, 3.05) is 18.5 Å². The third-order valence-corrected chi connectivity index (χ3v) is 6.68. The molecule has 2 aromatic carbocycles. The Morgan fingerprint density at radius 3 is 2.47 bits per heavy atom. The van der Waals surface area contributed by atoms with Crippen LogP contribution in [0, 0.1) is 0 Å². The number of rotatable bonds is 12. The van der Waals surface area contributed by atoms with E-state index in [2.05, 4.69) is 19.2 Å². The number of ether oxygens (including phenoxy) is 1. The Kier molecular flexibility index (Phi) is 10.5. The van der Waals surface area contributed by atoms with Gasteiger partial charge >= 0.3 is 0 Å². The number of nitrogens with zero attached hydrogens (tertiary/aromatic N) is 2. The molecule has 182 valence electrons. The molecule has 1 atom stereocenters. The Morgan fingerprint density at radius 1 is 1.03 bits per heavy atom. The normalized spacial score (nSPS) is 17.1. The van der Waals surface area contributed by atoms with Gasteiger partial charge in [-0.05, 0) is 49.2 Å². The molecule has 1 aliphatic heterocycles. The first-order valence-electron chi connectivity index (χ1n) is 12.2. The van der Waals surface area contributed by atoms with Crippen LogP contribution in [-0.4, -0.2) is 40.3 Å². The Morgan fingerprint density at radius 2 is 1.76 bits per heavy atom. The van der Waals surface area contributed by atoms with Crippen LogP contribution >= 0.6 is 11.8 Å². The van der Waals surface area contributed by atoms with Crippen molar-refractivity contribution in [2.24, 2.45) is 4.99 Å². The second-order valence-electron chi connectivity index (χ2n) is 8.36. The highest BCUT2D eigenvalue weighted by Crippen LogP contribution is 2.30. The molecule has 1 aliphatic rings. The minimum atomic E-state index is -0.526. The minimum absolute atomic E-state index is 0.0487. The van der Waals surface area contributed by atoms with Gasteiger partial charge in [-0.25, -0.2) is 4.99 Å². The number of anilines is 1. The van der Waals surface area contributed by atoms with E-state index in [1.54, 1.807) is 4.90 Å². The summed E-state index contributed by atoms with van der Waals surface area (Å²) in [5, 5.41) is 3.01. The number of nitrogens with one attached hydrogen (secondary N) is 1. The first-order valence-corrected chi connectivity index (χ1v) is 13.1. The summed E-state index contributed by atoms with van der Waals surface area (Å²) in [6.45, 7) is 5.54. The Balaban J connectivity index is 1.68. The van der Waals surface area contributed by atoms with Crippen molar-refractivity contribution in [1.82, 2.24) is 4.90 Å². The molecule has 0 saturated carbocycles. The molecule has 1 unspecified atom stereocenters. The Labute approximate surface area is 207 Å². The molecule has 0 aromatic heterocycles. The summed E-state index contributed by atoms with van der Waals surface area (Å²) in [7, 11) is 0. The molecular weight excluding hydrogens is 446 g/mol. The molecule has 0 radical (unpaired) electrons. The largest absolute Gasteiger partial charge is 0.494 e. The summed E-state index contributed by atoms with van der Waals surface area (Å²) in [6.07, 6.45) is 6.69. The van der Waals surface area contributed by atoms with Gasteiger partial charge in [0.2, 0.25) is 11.8 Å². The Hall–Kier alpha value is -2.80. The minimum Gasteiger partial charge on any atom is -0.494 e. The zero-order chi connectivity index (χ0) is 24.2. The second-order valence-corrected chi connectivity index (χ2v) is 9.53. The number of benzene rings is 2. The fourth-order valence-corrected chi connectivity index (χ4v) is 4.75. The zero-order valence-corrected chi connectivity index (χ0v) is 21.0. The smallest absolute Gasteiger partial charge is 0.238 e. The van der Waals surface area contributed by atoms with Crippen LogP contribution in [-0.2, 0) is 9.59 Å². The van der Waals surface area contributed by atoms with Gasteiger partial charge in [-0.15, -0.1) is 0 Å². The molecule has 0 spiro atoms. The van der Waals surface area contributed by atoms with Crippen LogP contribution in [0.1, 0.15) is 58.8 Å². The number of thioether (sulfide) groups is 1. The van der Waals surface area contributed by atoms with Gasteiger partial charge in [-0.3, -0.25) is 14.5 Å². The standard InChI is InChI=1S/C27H35N3O3S/c1-3-5-6-7-11-18-30-25(31)20-24(34-27(30)29-21-12-9-8-10-13-21)26(32)28-22-14-16-23(17-15-22)33-19-4-2/h8-10,12-17,24H,3-7,11,18-20H2,1-2H3,(H,28,32). The van der Waals surface area contributed by atoms with Crippen LogP contribution in [0.5, 0.6) is 5.75 Å². The topological polar surface area (TPSA) is 71.0 Å². The lowest BCUT2D eigenvalue weighted by atomic mass is 10.1. The lowest BCUT2D eigenvalue weighted by molar-refractivity contribution is -0.129. The molecule has 34 heavy (non-hydrogen) atoms. The first kappa shape index (κ1) is 25.8. The summed E-state index contributed by atoms with van der Waals surface area (Å²) in [5.41, 5.74) is 1.46. The van der Waals surface area contributed by atoms with Gasteiger partial charge in [0.1, 0.15) is 11.0 Å². The van der Waals surface area contributed by atoms with E-state index >= 15 is 0 Å². The summed E-state index contributed by atoms with van der Waals surface area (Å²) in [4.78, 5) is 32.6. The number of carbonyl (C=O) groups is 2. The van der Waals surface area contributed by atoms with Crippen molar-refractivity contribution in [3.8, 4) is 5.75 Å². The molecule has 1 heterocycles. The summed E-state index contributed by atoms with van der Waals surface area (Å²) in [5.74, 6) is 0.533. The van der Waals surface area contributed by atoms with Crippen molar-refractivity contribution >= 4 is 40.1 Å². The summed E-state index contributed by atoms with van der Waals surface area (Å²) < 4.78 is 5.60. The number of amides is 2. The molecule has 6 nitrogen and oxygen atoms in total. The van der Waals surface area contributed by atoms with Crippen molar-refractivity contribution in [2.45, 2.75) is 64.0 Å². The van der Waals surface area contributed by atoms with Crippen molar-refractivity contribution in [3.63, 3.8) is 0 Å². The van der Waals surface area contributed by atoms with Crippen LogP contribution < -0.4 is 10.1 Å². The van der Waals surface area contributed by atoms with Crippen LogP contribution in [0.2, 0.25) is 0 Å². The van der Waals surface area contributed by atoms with Gasteiger partial charge in [0.25, 0.3) is 0 Å². The van der Waals surface area contributed by atoms with E-state index in [9.17, 15) is 9.59 Å². The molecule has 2 amide bonds. The van der Waals surface area contributed by atoms with Crippen molar-refractivity contribution < 1.29 is 14.3 Å². The van der Waals surface area contributed by atoms with E-state index in [1.807, 2.05) is 54.6 Å². The molecule has 1 fully saturated rings. The number of hydrogen-bond donors (Lipinski definition) is 1. The molecule has 0 aliphatic carbocycles. The third-order valence-electron chi connectivity index (χ3n) is 5.49. The van der Waals surface area contributed by atoms with Gasteiger partial charge in [0.15, 0.2) is 5.17 Å². The molecule has 3 rings (SSSR count). The highest BCUT2D eigenvalue weighted by molar-refractivity contribution is 8.15. The highest BCUT2D eigenvalue weighted by atomic mass is 32.2. The van der Waals surface area contributed by atoms with Crippen LogP contribution in [0.4, 0.5) is 11.4 Å². The van der Waals surface area contributed by atoms with Crippen LogP contribution in [0.15, 0.2) is 59.6 Å². The fourth-order valence-electron chi connectivity index (χ4n) is 3.62. The maximum Gasteiger partial charge on any atom is 0.238 e. The number of unbranched alkanes of at least 4 members (excludes halogenated alkanes) is 4. The number of hydrogen-bond acceptors (Lipinski definition) is 5. The molecule has 1 N–H and O–H groups in total. The van der Waals surface area contributed by atoms with E-state index in [1.165, 1.54) is 31.0 Å². The quantitative estimate of drug-likeness (QED) is 0.356. The van der Waals surface area contributed by atoms with Crippen LogP contribution in [0.3, 0.4) is 0 Å². The monoisotopic (exact) mass is 481 g/mol. The lowest BCUT2D eigenvalue weighted by Crippen LogP contribution is -2.45. The summed E-state index contributed by atoms with van der Waals surface area (Å²) >= 11 is 1.37. The number of para-hydroxylation sites is 1. The van der Waals surface area contributed by atoms with Gasteiger partial charge in [0, 0.05) is 18.7 Å². The van der Waals surface area contributed by atoms with E-state index in [0.717, 1.165) is 30.7 Å². The predicted octanol–water partition coefficient (Wildman–Crippen LogP) is 6.41. The third kappa shape index (κ3) is 7.90. The van der Waals surface area contributed by atoms with Crippen molar-refractivity contribution in [1.29, 1.82) is 0 Å². The predicted molar refractivity (Wildman–Crippen MR) is 141 cm³/mol. The maximum atomic E-state index is 13.1. The molecule has 0 bridgehead atoms. The summed E-state index contributed by atoms with van der Waals surface area (Å²) in [6, 6.07) is 16.9. The number of aliphatic imine (C=N–C) groups is 1. The molecule has 7 heteroatoms. The first-order chi connectivity index (χ1) is 16.6. The van der Waals surface area contributed by atoms with E-state index < -0.39 is 5.25 Å². The SMILES string of the molecule is CCCCCCCN1C(=O)CC(C(=O)Nc2ccc(OCCC)cc2)SC1=Nc1ccccc1. The average molecular weight is 482 g/mol. The second kappa shape index (κ2) is 13.8. The van der Waals surface area contributed by atoms with E-state index in [-0.39, 0.29) is 18.2 Å². The van der Waals surface area contributed by atoms with E-state index in [0.29, 0.717) is 24.0 Å². The average Bonchev–Trinajstić information content (AvgIpc) is 2.85. The van der Waals surface area contributed by atoms with Gasteiger partial charge in [-0.2, -0.15) is 0 Å². The molecular formula is C27H35N3O3S. The Bertz CT molecular complexity index is 947. The van der Waals surface area contributed by atoms with Crippen LogP contribution in [0.25, 0.3) is 0 Å². The molecule has 1 saturated heterocycles. The highest BCUT2D eigenvalue weighted by Gasteiger charge is 2.35. The van der Waals surface area contributed by atoms with Crippen molar-refractivity contribution in [3.05, 3.63) is 54.6 Å². The molecule has 2 aromatic rings. The van der Waals surface area contributed by atoms with E-state index in [4.69, 9.17) is 9.73 Å². The van der Waals surface area contributed by atoms with Gasteiger partial charge < -0.3 is 10.1 Å². The number of amidine groups is 1. The van der Waals surface area contributed by atoms with Gasteiger partial charge in [0.05, 0.1) is 12.3 Å².